The van der Waals surface area contributed by atoms with E-state index in [1.807, 2.05) is 48.5 Å². The lowest BCUT2D eigenvalue weighted by Crippen LogP contribution is -2.42. The van der Waals surface area contributed by atoms with E-state index < -0.39 is 0 Å². The number of benzene rings is 2. The molecule has 25 heavy (non-hydrogen) atoms. The molecule has 0 spiro atoms. The number of carbonyl (C=O) groups is 2. The fraction of sp³-hybridized carbons (Fsp3) is 0.111. The predicted octanol–water partition coefficient (Wildman–Crippen LogP) is 1.91. The Labute approximate surface area is 142 Å². The molecule has 7 heteroatoms. The lowest BCUT2D eigenvalue weighted by molar-refractivity contribution is -0.128. The van der Waals surface area contributed by atoms with Gasteiger partial charge in [-0.15, -0.1) is 0 Å². The van der Waals surface area contributed by atoms with Crippen molar-refractivity contribution in [1.82, 2.24) is 25.4 Å². The van der Waals surface area contributed by atoms with Crippen molar-refractivity contribution in [1.29, 1.82) is 0 Å². The van der Waals surface area contributed by atoms with E-state index >= 15 is 0 Å². The molecule has 2 aromatic carbocycles. The van der Waals surface area contributed by atoms with Crippen LogP contribution in [0.2, 0.25) is 0 Å². The zero-order valence-electron chi connectivity index (χ0n) is 13.5. The summed E-state index contributed by atoms with van der Waals surface area (Å²) in [5.41, 5.74) is 8.50. The maximum Gasteiger partial charge on any atom is 0.258 e. The predicted molar refractivity (Wildman–Crippen MR) is 94.5 cm³/mol. The van der Waals surface area contributed by atoms with E-state index in [0.29, 0.717) is 5.65 Å². The summed E-state index contributed by atoms with van der Waals surface area (Å²) in [4.78, 5) is 32.6. The second kappa shape index (κ2) is 5.86. The van der Waals surface area contributed by atoms with Crippen molar-refractivity contribution in [3.8, 4) is 0 Å². The molecule has 2 heterocycles. The fourth-order valence-electron chi connectivity index (χ4n) is 2.88. The molecule has 0 fully saturated rings. The number of aromatic nitrogens is 3. The number of rotatable bonds is 2. The molecular formula is C18H15N5O2. The third-order valence-electron chi connectivity index (χ3n) is 3.94. The number of hydrogen-bond acceptors (Lipinski definition) is 4. The van der Waals surface area contributed by atoms with Crippen LogP contribution >= 0.6 is 0 Å². The molecule has 0 aliphatic rings. The van der Waals surface area contributed by atoms with E-state index in [9.17, 15) is 9.59 Å². The summed E-state index contributed by atoms with van der Waals surface area (Å²) in [6.45, 7) is 1.36. The summed E-state index contributed by atoms with van der Waals surface area (Å²) in [5.74, 6) is -0.672. The molecule has 2 aromatic heterocycles. The van der Waals surface area contributed by atoms with E-state index in [1.165, 1.54) is 6.92 Å². The minimum absolute atomic E-state index is 0.0251. The highest BCUT2D eigenvalue weighted by atomic mass is 16.2. The van der Waals surface area contributed by atoms with Crippen LogP contribution in [0.3, 0.4) is 0 Å². The topological polar surface area (TPSA) is 88.9 Å². The van der Waals surface area contributed by atoms with Gasteiger partial charge in [-0.1, -0.05) is 30.3 Å². The Morgan fingerprint density at radius 2 is 1.64 bits per heavy atom. The number of hydrogen-bond donors (Lipinski definition) is 2. The Hall–Kier alpha value is -3.48. The molecule has 0 atom stereocenters. The molecule has 4 aromatic rings. The third-order valence-corrected chi connectivity index (χ3v) is 3.94. The fourth-order valence-corrected chi connectivity index (χ4v) is 2.88. The number of amides is 2. The van der Waals surface area contributed by atoms with Crippen LogP contribution in [-0.4, -0.2) is 26.3 Å². The largest absolute Gasteiger partial charge is 0.314 e. The van der Waals surface area contributed by atoms with Gasteiger partial charge in [0.2, 0.25) is 5.91 Å². The maximum atomic E-state index is 12.2. The van der Waals surface area contributed by atoms with Gasteiger partial charge in [0, 0.05) is 12.3 Å². The van der Waals surface area contributed by atoms with Crippen molar-refractivity contribution in [3.63, 3.8) is 0 Å². The SMILES string of the molecule is CC(=O)NNC(=O)Cn1c2ccccc2c2nc3ccccc3nc21. The monoisotopic (exact) mass is 333 g/mol. The quantitative estimate of drug-likeness (QED) is 0.548. The van der Waals surface area contributed by atoms with Gasteiger partial charge >= 0.3 is 0 Å². The first-order valence-corrected chi connectivity index (χ1v) is 7.82. The van der Waals surface area contributed by atoms with E-state index in [2.05, 4.69) is 10.9 Å². The van der Waals surface area contributed by atoms with Gasteiger partial charge in [-0.25, -0.2) is 9.97 Å². The average Bonchev–Trinajstić information content (AvgIpc) is 2.91. The number of hydrazine groups is 1. The molecule has 2 N–H and O–H groups in total. The molecule has 0 aliphatic heterocycles. The number of nitrogens with one attached hydrogen (secondary N) is 2. The van der Waals surface area contributed by atoms with Crippen molar-refractivity contribution in [3.05, 3.63) is 48.5 Å². The number of carbonyl (C=O) groups excluding carboxylic acids is 2. The highest BCUT2D eigenvalue weighted by Gasteiger charge is 2.16. The van der Waals surface area contributed by atoms with E-state index in [1.54, 1.807) is 4.57 Å². The molecule has 0 saturated heterocycles. The smallest absolute Gasteiger partial charge is 0.258 e. The number of fused-ring (bicyclic) bond motifs is 4. The molecule has 124 valence electrons. The minimum atomic E-state index is -0.340. The van der Waals surface area contributed by atoms with E-state index in [4.69, 9.17) is 9.97 Å². The Balaban J connectivity index is 1.89. The van der Waals surface area contributed by atoms with Gasteiger partial charge in [0.15, 0.2) is 5.65 Å². The number of para-hydroxylation sites is 3. The summed E-state index contributed by atoms with van der Waals surface area (Å²) < 4.78 is 1.81. The van der Waals surface area contributed by atoms with Crippen LogP contribution in [0.5, 0.6) is 0 Å². The maximum absolute atomic E-state index is 12.2. The molecule has 0 aliphatic carbocycles. The van der Waals surface area contributed by atoms with Crippen LogP contribution < -0.4 is 10.9 Å². The summed E-state index contributed by atoms with van der Waals surface area (Å²) in [6.07, 6.45) is 0. The highest BCUT2D eigenvalue weighted by molar-refractivity contribution is 6.07. The van der Waals surface area contributed by atoms with Crippen molar-refractivity contribution >= 4 is 44.9 Å². The van der Waals surface area contributed by atoms with Crippen LogP contribution in [0, 0.1) is 0 Å². The Kier molecular flexibility index (Phi) is 3.53. The third kappa shape index (κ3) is 2.65. The molecule has 0 saturated carbocycles. The Morgan fingerprint density at radius 3 is 2.40 bits per heavy atom. The first kappa shape index (κ1) is 15.1. The van der Waals surface area contributed by atoms with Gasteiger partial charge in [-0.05, 0) is 18.2 Å². The van der Waals surface area contributed by atoms with Crippen molar-refractivity contribution in [2.45, 2.75) is 13.5 Å². The normalized spacial score (nSPS) is 11.1. The van der Waals surface area contributed by atoms with Gasteiger partial charge in [0.1, 0.15) is 12.1 Å². The zero-order chi connectivity index (χ0) is 17.4. The van der Waals surface area contributed by atoms with Crippen LogP contribution in [0.4, 0.5) is 0 Å². The lowest BCUT2D eigenvalue weighted by atomic mass is 10.2. The summed E-state index contributed by atoms with van der Waals surface area (Å²) >= 11 is 0. The first-order chi connectivity index (χ1) is 12.1. The second-order valence-corrected chi connectivity index (χ2v) is 5.72. The molecule has 2 amide bonds. The van der Waals surface area contributed by atoms with Crippen molar-refractivity contribution in [2.24, 2.45) is 0 Å². The van der Waals surface area contributed by atoms with E-state index in [0.717, 1.165) is 27.5 Å². The van der Waals surface area contributed by atoms with Crippen molar-refractivity contribution < 1.29 is 9.59 Å². The second-order valence-electron chi connectivity index (χ2n) is 5.72. The minimum Gasteiger partial charge on any atom is -0.314 e. The summed E-state index contributed by atoms with van der Waals surface area (Å²) in [7, 11) is 0. The van der Waals surface area contributed by atoms with Gasteiger partial charge in [0.05, 0.1) is 16.6 Å². The van der Waals surface area contributed by atoms with Gasteiger partial charge in [0.25, 0.3) is 5.91 Å². The summed E-state index contributed by atoms with van der Waals surface area (Å²) in [6, 6.07) is 15.3. The van der Waals surface area contributed by atoms with E-state index in [-0.39, 0.29) is 18.4 Å². The number of nitrogens with zero attached hydrogens (tertiary/aromatic N) is 3. The summed E-state index contributed by atoms with van der Waals surface area (Å²) in [5, 5.41) is 0.933. The molecule has 7 nitrogen and oxygen atoms in total. The van der Waals surface area contributed by atoms with Gasteiger partial charge in [-0.2, -0.15) is 0 Å². The van der Waals surface area contributed by atoms with Crippen LogP contribution in [0.1, 0.15) is 6.92 Å². The molecule has 0 unspecified atom stereocenters. The Bertz CT molecular complexity index is 1130. The molecular weight excluding hydrogens is 318 g/mol. The lowest BCUT2D eigenvalue weighted by Gasteiger charge is -2.08. The zero-order valence-corrected chi connectivity index (χ0v) is 13.5. The van der Waals surface area contributed by atoms with Crippen LogP contribution in [0.25, 0.3) is 33.1 Å². The molecule has 4 rings (SSSR count). The van der Waals surface area contributed by atoms with Crippen LogP contribution in [0.15, 0.2) is 48.5 Å². The van der Waals surface area contributed by atoms with Crippen LogP contribution in [-0.2, 0) is 16.1 Å². The standard InChI is InChI=1S/C18H15N5O2/c1-11(24)21-22-16(25)10-23-15-9-5-2-6-12(15)17-18(23)20-14-8-4-3-7-13(14)19-17/h2-9H,10H2,1H3,(H,21,24)(H,22,25). The highest BCUT2D eigenvalue weighted by Crippen LogP contribution is 2.27. The molecule has 0 bridgehead atoms. The van der Waals surface area contributed by atoms with Gasteiger partial charge in [-0.3, -0.25) is 20.4 Å². The van der Waals surface area contributed by atoms with Crippen molar-refractivity contribution in [2.75, 3.05) is 0 Å². The molecule has 0 radical (unpaired) electrons. The van der Waals surface area contributed by atoms with Gasteiger partial charge < -0.3 is 4.57 Å². The Morgan fingerprint density at radius 1 is 0.960 bits per heavy atom. The first-order valence-electron chi connectivity index (χ1n) is 7.82. The average molecular weight is 333 g/mol.